The first-order valence-electron chi connectivity index (χ1n) is 5.04. The van der Waals surface area contributed by atoms with E-state index in [1.54, 1.807) is 0 Å². The average molecular weight is 236 g/mol. The lowest BCUT2D eigenvalue weighted by Gasteiger charge is -2.14. The number of unbranched alkanes of at least 4 members (excludes halogenated alkanes) is 2. The zero-order chi connectivity index (χ0) is 9.40. The maximum absolute atomic E-state index is 3.56. The third kappa shape index (κ3) is 8.54. The van der Waals surface area contributed by atoms with Crippen LogP contribution in [0, 0.1) is 0 Å². The predicted molar refractivity (Wildman–Crippen MR) is 60.0 cm³/mol. The molecule has 0 aliphatic heterocycles. The van der Waals surface area contributed by atoms with Crippen molar-refractivity contribution in [1.82, 2.24) is 5.32 Å². The molecule has 0 bridgehead atoms. The molecule has 0 saturated carbocycles. The number of alkyl halides is 1. The van der Waals surface area contributed by atoms with Gasteiger partial charge in [0.1, 0.15) is 0 Å². The topological polar surface area (TPSA) is 12.0 Å². The second kappa shape index (κ2) is 8.06. The highest BCUT2D eigenvalue weighted by Crippen LogP contribution is 2.06. The fraction of sp³-hybridized carbons (Fsp3) is 1.00. The summed E-state index contributed by atoms with van der Waals surface area (Å²) in [5.74, 6) is 0. The first kappa shape index (κ1) is 12.4. The summed E-state index contributed by atoms with van der Waals surface area (Å²) in [5.41, 5.74) is 0. The Bertz CT molecular complexity index is 93.8. The van der Waals surface area contributed by atoms with Gasteiger partial charge in [-0.25, -0.2) is 0 Å². The van der Waals surface area contributed by atoms with Gasteiger partial charge in [0.05, 0.1) is 0 Å². The van der Waals surface area contributed by atoms with Crippen LogP contribution < -0.4 is 5.32 Å². The molecular formula is C10H22BrN. The molecule has 1 nitrogen and oxygen atoms in total. The summed E-state index contributed by atoms with van der Waals surface area (Å²) in [5, 5.41) is 3.52. The minimum Gasteiger partial charge on any atom is -0.314 e. The van der Waals surface area contributed by atoms with Gasteiger partial charge in [-0.2, -0.15) is 0 Å². The molecule has 0 aromatic rings. The molecule has 0 rings (SSSR count). The normalized spacial score (nSPS) is 16.0. The lowest BCUT2D eigenvalue weighted by Crippen LogP contribution is -2.28. The highest BCUT2D eigenvalue weighted by atomic mass is 79.9. The van der Waals surface area contributed by atoms with Gasteiger partial charge in [-0.05, 0) is 26.3 Å². The summed E-state index contributed by atoms with van der Waals surface area (Å²) < 4.78 is 0. The van der Waals surface area contributed by atoms with Crippen LogP contribution in [0.4, 0.5) is 0 Å². The summed E-state index contributed by atoms with van der Waals surface area (Å²) in [6.45, 7) is 7.87. The molecule has 0 saturated heterocycles. The zero-order valence-electron chi connectivity index (χ0n) is 8.57. The van der Waals surface area contributed by atoms with Gasteiger partial charge in [-0.15, -0.1) is 0 Å². The molecule has 1 N–H and O–H groups in total. The summed E-state index contributed by atoms with van der Waals surface area (Å²) in [7, 11) is 0. The standard InChI is InChI=1S/C10H22BrN/c1-4-5-6-7-12-10(3)8-9(2)11/h9-10,12H,4-8H2,1-3H3. The van der Waals surface area contributed by atoms with Crippen molar-refractivity contribution in [1.29, 1.82) is 0 Å². The van der Waals surface area contributed by atoms with Crippen LogP contribution in [0.25, 0.3) is 0 Å². The third-order valence-corrected chi connectivity index (χ3v) is 2.33. The Morgan fingerprint density at radius 2 is 1.92 bits per heavy atom. The van der Waals surface area contributed by atoms with Gasteiger partial charge in [0.15, 0.2) is 0 Å². The van der Waals surface area contributed by atoms with Crippen LogP contribution in [0.2, 0.25) is 0 Å². The van der Waals surface area contributed by atoms with Crippen molar-refractivity contribution in [3.63, 3.8) is 0 Å². The van der Waals surface area contributed by atoms with Crippen molar-refractivity contribution in [3.05, 3.63) is 0 Å². The number of nitrogens with one attached hydrogen (secondary N) is 1. The molecule has 0 aromatic carbocycles. The smallest absolute Gasteiger partial charge is 0.0132 e. The van der Waals surface area contributed by atoms with Gasteiger partial charge in [-0.3, -0.25) is 0 Å². The van der Waals surface area contributed by atoms with Crippen LogP contribution in [0.3, 0.4) is 0 Å². The van der Waals surface area contributed by atoms with E-state index >= 15 is 0 Å². The second-order valence-electron chi connectivity index (χ2n) is 3.58. The van der Waals surface area contributed by atoms with E-state index in [9.17, 15) is 0 Å². The predicted octanol–water partition coefficient (Wildman–Crippen LogP) is 3.33. The number of hydrogen-bond acceptors (Lipinski definition) is 1. The Morgan fingerprint density at radius 1 is 1.25 bits per heavy atom. The summed E-state index contributed by atoms with van der Waals surface area (Å²) in [4.78, 5) is 0.631. The molecule has 2 unspecified atom stereocenters. The highest BCUT2D eigenvalue weighted by molar-refractivity contribution is 9.09. The molecule has 0 radical (unpaired) electrons. The summed E-state index contributed by atoms with van der Waals surface area (Å²) in [6.07, 6.45) is 5.19. The lowest BCUT2D eigenvalue weighted by molar-refractivity contribution is 0.500. The first-order valence-corrected chi connectivity index (χ1v) is 5.95. The van der Waals surface area contributed by atoms with Crippen LogP contribution in [0.15, 0.2) is 0 Å². The molecule has 0 aliphatic rings. The Hall–Kier alpha value is 0.440. The maximum Gasteiger partial charge on any atom is 0.0132 e. The highest BCUT2D eigenvalue weighted by Gasteiger charge is 2.03. The summed E-state index contributed by atoms with van der Waals surface area (Å²) in [6, 6.07) is 0.649. The van der Waals surface area contributed by atoms with E-state index in [0.29, 0.717) is 10.9 Å². The second-order valence-corrected chi connectivity index (χ2v) is 5.14. The van der Waals surface area contributed by atoms with E-state index in [4.69, 9.17) is 0 Å². The molecule has 0 fully saturated rings. The maximum atomic E-state index is 3.56. The van der Waals surface area contributed by atoms with Crippen molar-refractivity contribution < 1.29 is 0 Å². The van der Waals surface area contributed by atoms with Gasteiger partial charge >= 0.3 is 0 Å². The van der Waals surface area contributed by atoms with E-state index in [0.717, 1.165) is 0 Å². The molecule has 0 aliphatic carbocycles. The molecule has 74 valence electrons. The van der Waals surface area contributed by atoms with Crippen molar-refractivity contribution in [3.8, 4) is 0 Å². The van der Waals surface area contributed by atoms with E-state index in [2.05, 4.69) is 42.0 Å². The minimum absolute atomic E-state index is 0.631. The third-order valence-electron chi connectivity index (χ3n) is 1.95. The van der Waals surface area contributed by atoms with E-state index in [1.165, 1.54) is 32.2 Å². The van der Waals surface area contributed by atoms with E-state index in [1.807, 2.05) is 0 Å². The van der Waals surface area contributed by atoms with Gasteiger partial charge in [0.2, 0.25) is 0 Å². The fourth-order valence-electron chi connectivity index (χ4n) is 1.29. The molecule has 2 heteroatoms. The molecule has 0 aromatic heterocycles. The SMILES string of the molecule is CCCCCNC(C)CC(C)Br. The molecule has 12 heavy (non-hydrogen) atoms. The Labute approximate surface area is 85.4 Å². The zero-order valence-corrected chi connectivity index (χ0v) is 10.2. The van der Waals surface area contributed by atoms with Gasteiger partial charge in [-0.1, -0.05) is 42.6 Å². The van der Waals surface area contributed by atoms with Gasteiger partial charge in [0, 0.05) is 10.9 Å². The Morgan fingerprint density at radius 3 is 2.42 bits per heavy atom. The van der Waals surface area contributed by atoms with Crippen molar-refractivity contribution >= 4 is 15.9 Å². The molecule has 0 heterocycles. The molecular weight excluding hydrogens is 214 g/mol. The van der Waals surface area contributed by atoms with Crippen LogP contribution >= 0.6 is 15.9 Å². The van der Waals surface area contributed by atoms with Crippen LogP contribution in [0.5, 0.6) is 0 Å². The first-order chi connectivity index (χ1) is 5.66. The van der Waals surface area contributed by atoms with Crippen LogP contribution in [-0.2, 0) is 0 Å². The summed E-state index contributed by atoms with van der Waals surface area (Å²) >= 11 is 3.56. The van der Waals surface area contributed by atoms with E-state index < -0.39 is 0 Å². The number of halogens is 1. The molecule has 0 amide bonds. The van der Waals surface area contributed by atoms with Gasteiger partial charge < -0.3 is 5.32 Å². The Kier molecular flexibility index (Phi) is 8.35. The van der Waals surface area contributed by atoms with Crippen molar-refractivity contribution in [2.24, 2.45) is 0 Å². The fourth-order valence-corrected chi connectivity index (χ4v) is 1.85. The van der Waals surface area contributed by atoms with Crippen LogP contribution in [0.1, 0.15) is 46.5 Å². The lowest BCUT2D eigenvalue weighted by atomic mass is 10.2. The Balaban J connectivity index is 3.14. The number of rotatable bonds is 7. The largest absolute Gasteiger partial charge is 0.314 e. The minimum atomic E-state index is 0.631. The quantitative estimate of drug-likeness (QED) is 0.528. The van der Waals surface area contributed by atoms with Crippen molar-refractivity contribution in [2.75, 3.05) is 6.54 Å². The van der Waals surface area contributed by atoms with Crippen LogP contribution in [-0.4, -0.2) is 17.4 Å². The van der Waals surface area contributed by atoms with E-state index in [-0.39, 0.29) is 0 Å². The average Bonchev–Trinajstić information content (AvgIpc) is 1.97. The van der Waals surface area contributed by atoms with Gasteiger partial charge in [0.25, 0.3) is 0 Å². The monoisotopic (exact) mass is 235 g/mol. The molecule has 0 spiro atoms. The molecule has 2 atom stereocenters. The number of hydrogen-bond donors (Lipinski definition) is 1. The van der Waals surface area contributed by atoms with Crippen molar-refractivity contribution in [2.45, 2.75) is 57.3 Å².